The number of rotatable bonds is 6. The van der Waals surface area contributed by atoms with Crippen LogP contribution in [0.25, 0.3) is 0 Å². The molecule has 1 heterocycles. The van der Waals surface area contributed by atoms with Crippen LogP contribution in [0.5, 0.6) is 0 Å². The van der Waals surface area contributed by atoms with E-state index in [4.69, 9.17) is 11.6 Å². The minimum Gasteiger partial charge on any atom is -0.364 e. The fourth-order valence-electron chi connectivity index (χ4n) is 1.53. The molecule has 1 aromatic rings. The molecule has 7 nitrogen and oxygen atoms in total. The lowest BCUT2D eigenvalue weighted by Gasteiger charge is -2.06. The molecule has 0 aliphatic heterocycles. The van der Waals surface area contributed by atoms with Crippen LogP contribution in [-0.2, 0) is 4.79 Å². The van der Waals surface area contributed by atoms with E-state index in [2.05, 4.69) is 15.6 Å². The molecule has 1 aromatic heterocycles. The lowest BCUT2D eigenvalue weighted by molar-refractivity contribution is -0.384. The summed E-state index contributed by atoms with van der Waals surface area (Å²) in [7, 11) is 0. The lowest BCUT2D eigenvalue weighted by atomic mass is 10.3. The van der Waals surface area contributed by atoms with Gasteiger partial charge in [0.2, 0.25) is 11.7 Å². The SMILES string of the molecule is O=C(CCNc1ncc(Cl)cc1[N+](=O)[O-])NC1CC1. The van der Waals surface area contributed by atoms with Gasteiger partial charge in [0.1, 0.15) is 0 Å². The molecule has 0 unspecified atom stereocenters. The van der Waals surface area contributed by atoms with E-state index in [0.29, 0.717) is 6.04 Å². The zero-order valence-corrected chi connectivity index (χ0v) is 10.8. The molecule has 1 fully saturated rings. The molecule has 0 radical (unpaired) electrons. The lowest BCUT2D eigenvalue weighted by Crippen LogP contribution is -2.27. The van der Waals surface area contributed by atoms with Crippen molar-refractivity contribution in [1.29, 1.82) is 0 Å². The molecule has 2 N–H and O–H groups in total. The van der Waals surface area contributed by atoms with E-state index in [9.17, 15) is 14.9 Å². The van der Waals surface area contributed by atoms with Crippen molar-refractivity contribution in [1.82, 2.24) is 10.3 Å². The molecule has 0 aromatic carbocycles. The predicted octanol–water partition coefficient (Wildman–Crippen LogP) is 1.72. The van der Waals surface area contributed by atoms with Gasteiger partial charge >= 0.3 is 5.69 Å². The van der Waals surface area contributed by atoms with Gasteiger partial charge in [-0.25, -0.2) is 4.98 Å². The van der Waals surface area contributed by atoms with Gasteiger partial charge in [-0.2, -0.15) is 0 Å². The highest BCUT2D eigenvalue weighted by Gasteiger charge is 2.23. The number of hydrogen-bond donors (Lipinski definition) is 2. The monoisotopic (exact) mass is 284 g/mol. The molecule has 19 heavy (non-hydrogen) atoms. The zero-order valence-electron chi connectivity index (χ0n) is 10.1. The highest BCUT2D eigenvalue weighted by molar-refractivity contribution is 6.30. The second-order valence-corrected chi connectivity index (χ2v) is 4.73. The van der Waals surface area contributed by atoms with Crippen molar-refractivity contribution >= 4 is 29.0 Å². The predicted molar refractivity (Wildman–Crippen MR) is 70.2 cm³/mol. The summed E-state index contributed by atoms with van der Waals surface area (Å²) in [6.45, 7) is 0.286. The number of nitro groups is 1. The maximum absolute atomic E-state index is 11.4. The number of nitrogens with one attached hydrogen (secondary N) is 2. The Kier molecular flexibility index (Phi) is 4.16. The Morgan fingerprint density at radius 1 is 1.58 bits per heavy atom. The maximum atomic E-state index is 11.4. The van der Waals surface area contributed by atoms with E-state index >= 15 is 0 Å². The Labute approximate surface area is 114 Å². The second-order valence-electron chi connectivity index (χ2n) is 4.30. The van der Waals surface area contributed by atoms with Crippen molar-refractivity contribution in [2.45, 2.75) is 25.3 Å². The number of anilines is 1. The fourth-order valence-corrected chi connectivity index (χ4v) is 1.68. The Balaban J connectivity index is 1.87. The van der Waals surface area contributed by atoms with Crippen LogP contribution in [-0.4, -0.2) is 28.4 Å². The molecule has 0 spiro atoms. The standard InChI is InChI=1S/C11H13ClN4O3/c12-7-5-9(16(18)19)11(14-6-7)13-4-3-10(17)15-8-1-2-8/h5-6,8H,1-4H2,(H,13,14)(H,15,17). The molecule has 102 valence electrons. The minimum atomic E-state index is -0.564. The van der Waals surface area contributed by atoms with E-state index in [1.54, 1.807) is 0 Å². The minimum absolute atomic E-state index is 0.0633. The number of nitrogens with zero attached hydrogens (tertiary/aromatic N) is 2. The molecule has 0 saturated heterocycles. The van der Waals surface area contributed by atoms with E-state index in [1.165, 1.54) is 12.3 Å². The smallest absolute Gasteiger partial charge is 0.312 e. The van der Waals surface area contributed by atoms with Crippen LogP contribution >= 0.6 is 11.6 Å². The highest BCUT2D eigenvalue weighted by Crippen LogP contribution is 2.24. The first-order chi connectivity index (χ1) is 9.06. The van der Waals surface area contributed by atoms with Gasteiger partial charge in [-0.05, 0) is 12.8 Å². The van der Waals surface area contributed by atoms with Crippen molar-refractivity contribution in [2.24, 2.45) is 0 Å². The summed E-state index contributed by atoms with van der Waals surface area (Å²) >= 11 is 5.65. The van der Waals surface area contributed by atoms with Crippen LogP contribution in [0.3, 0.4) is 0 Å². The summed E-state index contributed by atoms with van der Waals surface area (Å²) in [5.41, 5.74) is -0.199. The molecule has 0 bridgehead atoms. The third-order valence-electron chi connectivity index (χ3n) is 2.62. The molecular weight excluding hydrogens is 272 g/mol. The molecule has 1 aliphatic rings. The van der Waals surface area contributed by atoms with Crippen LogP contribution in [0.15, 0.2) is 12.3 Å². The summed E-state index contributed by atoms with van der Waals surface area (Å²) in [5.74, 6) is 0.0558. The number of carbonyl (C=O) groups is 1. The quantitative estimate of drug-likeness (QED) is 0.612. The van der Waals surface area contributed by atoms with Gasteiger partial charge in [0.05, 0.1) is 9.95 Å². The second kappa shape index (κ2) is 5.83. The molecular formula is C11H13ClN4O3. The Hall–Kier alpha value is -1.89. The Morgan fingerprint density at radius 3 is 2.95 bits per heavy atom. The number of pyridine rings is 1. The average molecular weight is 285 g/mol. The van der Waals surface area contributed by atoms with Crippen LogP contribution in [0.4, 0.5) is 11.5 Å². The summed E-state index contributed by atoms with van der Waals surface area (Å²) in [5, 5.41) is 16.6. The van der Waals surface area contributed by atoms with Gasteiger partial charge in [0, 0.05) is 31.3 Å². The average Bonchev–Trinajstić information content (AvgIpc) is 3.14. The topological polar surface area (TPSA) is 97.2 Å². The first kappa shape index (κ1) is 13.5. The third-order valence-corrected chi connectivity index (χ3v) is 2.82. The molecule has 8 heteroatoms. The fraction of sp³-hybridized carbons (Fsp3) is 0.455. The number of carbonyl (C=O) groups excluding carboxylic acids is 1. The van der Waals surface area contributed by atoms with Crippen LogP contribution in [0.2, 0.25) is 5.02 Å². The Morgan fingerprint density at radius 2 is 2.32 bits per heavy atom. The van der Waals surface area contributed by atoms with Gasteiger partial charge in [0.25, 0.3) is 0 Å². The van der Waals surface area contributed by atoms with E-state index in [1.807, 2.05) is 0 Å². The summed E-state index contributed by atoms with van der Waals surface area (Å²) < 4.78 is 0. The molecule has 1 amide bonds. The van der Waals surface area contributed by atoms with Crippen molar-refractivity contribution in [3.8, 4) is 0 Å². The third kappa shape index (κ3) is 4.06. The summed E-state index contributed by atoms with van der Waals surface area (Å²) in [6.07, 6.45) is 3.63. The zero-order chi connectivity index (χ0) is 13.8. The van der Waals surface area contributed by atoms with E-state index in [0.717, 1.165) is 12.8 Å². The Bertz CT molecular complexity index is 505. The normalized spacial score (nSPS) is 13.9. The van der Waals surface area contributed by atoms with Crippen molar-refractivity contribution < 1.29 is 9.72 Å². The van der Waals surface area contributed by atoms with Crippen molar-refractivity contribution in [3.05, 3.63) is 27.4 Å². The summed E-state index contributed by atoms with van der Waals surface area (Å²) in [4.78, 5) is 25.5. The van der Waals surface area contributed by atoms with Gasteiger partial charge in [0.15, 0.2) is 0 Å². The number of amides is 1. The van der Waals surface area contributed by atoms with Gasteiger partial charge in [-0.3, -0.25) is 14.9 Å². The molecule has 0 atom stereocenters. The van der Waals surface area contributed by atoms with Crippen LogP contribution < -0.4 is 10.6 Å². The van der Waals surface area contributed by atoms with Crippen LogP contribution in [0.1, 0.15) is 19.3 Å². The number of aromatic nitrogens is 1. The van der Waals surface area contributed by atoms with Crippen molar-refractivity contribution in [2.75, 3.05) is 11.9 Å². The van der Waals surface area contributed by atoms with E-state index < -0.39 is 4.92 Å². The molecule has 1 saturated carbocycles. The van der Waals surface area contributed by atoms with Crippen molar-refractivity contribution in [3.63, 3.8) is 0 Å². The first-order valence-corrected chi connectivity index (χ1v) is 6.27. The maximum Gasteiger partial charge on any atom is 0.312 e. The molecule has 2 rings (SSSR count). The largest absolute Gasteiger partial charge is 0.364 e. The van der Waals surface area contributed by atoms with E-state index in [-0.39, 0.29) is 35.4 Å². The first-order valence-electron chi connectivity index (χ1n) is 5.89. The molecule has 1 aliphatic carbocycles. The number of hydrogen-bond acceptors (Lipinski definition) is 5. The summed E-state index contributed by atoms with van der Waals surface area (Å²) in [6, 6.07) is 1.54. The van der Waals surface area contributed by atoms with Gasteiger partial charge in [-0.15, -0.1) is 0 Å². The van der Waals surface area contributed by atoms with Gasteiger partial charge in [-0.1, -0.05) is 11.6 Å². The number of halogens is 1. The highest BCUT2D eigenvalue weighted by atomic mass is 35.5. The van der Waals surface area contributed by atoms with Gasteiger partial charge < -0.3 is 10.6 Å². The van der Waals surface area contributed by atoms with Crippen LogP contribution in [0, 0.1) is 10.1 Å².